The van der Waals surface area contributed by atoms with Crippen molar-refractivity contribution in [2.45, 2.75) is 6.92 Å². The highest BCUT2D eigenvalue weighted by Crippen LogP contribution is 2.21. The monoisotopic (exact) mass is 367 g/mol. The van der Waals surface area contributed by atoms with Gasteiger partial charge in [0.05, 0.1) is 19.0 Å². The molecule has 0 aliphatic rings. The number of hydrogen-bond acceptors (Lipinski definition) is 4. The van der Waals surface area contributed by atoms with Crippen molar-refractivity contribution in [1.29, 1.82) is 0 Å². The minimum absolute atomic E-state index is 0.291. The number of aryl methyl sites for hydroxylation is 1. The van der Waals surface area contributed by atoms with Gasteiger partial charge in [-0.15, -0.1) is 0 Å². The van der Waals surface area contributed by atoms with E-state index in [1.165, 1.54) is 0 Å². The molecule has 0 aliphatic carbocycles. The molecule has 1 amide bonds. The number of ether oxygens (including phenoxy) is 1. The van der Waals surface area contributed by atoms with Gasteiger partial charge in [-0.05, 0) is 61.0 Å². The van der Waals surface area contributed by atoms with E-state index in [9.17, 15) is 4.79 Å². The number of carbonyl (C=O) groups excluding carboxylic acids is 1. The van der Waals surface area contributed by atoms with Crippen molar-refractivity contribution in [2.24, 2.45) is 0 Å². The van der Waals surface area contributed by atoms with Gasteiger partial charge in [-0.25, -0.2) is 4.98 Å². The molecule has 0 saturated heterocycles. The zero-order chi connectivity index (χ0) is 18.5. The Kier molecular flexibility index (Phi) is 5.39. The molecule has 0 unspecified atom stereocenters. The molecule has 0 atom stereocenters. The molecule has 3 aromatic rings. The van der Waals surface area contributed by atoms with Gasteiger partial charge in [-0.2, -0.15) is 0 Å². The second-order valence-electron chi connectivity index (χ2n) is 5.70. The summed E-state index contributed by atoms with van der Waals surface area (Å²) in [7, 11) is 1.63. The maximum absolute atomic E-state index is 12.3. The SMILES string of the molecule is COc1ccc(Nc2ccc(C(=O)Nc3ccc(C)c(Cl)c3)nc2)cc1. The number of hydrogen-bond donors (Lipinski definition) is 2. The number of benzene rings is 2. The van der Waals surface area contributed by atoms with Crippen molar-refractivity contribution in [3.8, 4) is 5.75 Å². The van der Waals surface area contributed by atoms with Gasteiger partial charge in [0.2, 0.25) is 0 Å². The molecule has 6 heteroatoms. The van der Waals surface area contributed by atoms with Gasteiger partial charge in [0.15, 0.2) is 0 Å². The van der Waals surface area contributed by atoms with Crippen LogP contribution in [0.3, 0.4) is 0 Å². The van der Waals surface area contributed by atoms with Gasteiger partial charge in [0.25, 0.3) is 5.91 Å². The Labute approximate surface area is 157 Å². The van der Waals surface area contributed by atoms with E-state index in [4.69, 9.17) is 16.3 Å². The molecule has 3 rings (SSSR count). The van der Waals surface area contributed by atoms with Crippen LogP contribution in [0.2, 0.25) is 5.02 Å². The highest BCUT2D eigenvalue weighted by Gasteiger charge is 2.09. The number of nitrogens with zero attached hydrogens (tertiary/aromatic N) is 1. The van der Waals surface area contributed by atoms with Crippen LogP contribution in [-0.4, -0.2) is 18.0 Å². The number of anilines is 3. The first-order valence-electron chi connectivity index (χ1n) is 8.00. The van der Waals surface area contributed by atoms with E-state index in [1.807, 2.05) is 37.3 Å². The van der Waals surface area contributed by atoms with E-state index in [2.05, 4.69) is 15.6 Å². The minimum atomic E-state index is -0.291. The Morgan fingerprint density at radius 1 is 1.00 bits per heavy atom. The maximum Gasteiger partial charge on any atom is 0.274 e. The van der Waals surface area contributed by atoms with Crippen LogP contribution in [0.4, 0.5) is 17.1 Å². The van der Waals surface area contributed by atoms with E-state index in [0.717, 1.165) is 22.7 Å². The maximum atomic E-state index is 12.3. The van der Waals surface area contributed by atoms with Gasteiger partial charge in [-0.3, -0.25) is 4.79 Å². The number of methoxy groups -OCH3 is 1. The highest BCUT2D eigenvalue weighted by molar-refractivity contribution is 6.31. The van der Waals surface area contributed by atoms with E-state index in [-0.39, 0.29) is 5.91 Å². The van der Waals surface area contributed by atoms with Crippen LogP contribution < -0.4 is 15.4 Å². The predicted octanol–water partition coefficient (Wildman–Crippen LogP) is 5.05. The summed E-state index contributed by atoms with van der Waals surface area (Å²) < 4.78 is 5.13. The molecule has 0 saturated carbocycles. The topological polar surface area (TPSA) is 63.2 Å². The third-order valence-electron chi connectivity index (χ3n) is 3.80. The second-order valence-corrected chi connectivity index (χ2v) is 6.11. The lowest BCUT2D eigenvalue weighted by Crippen LogP contribution is -2.13. The predicted molar refractivity (Wildman–Crippen MR) is 105 cm³/mol. The summed E-state index contributed by atoms with van der Waals surface area (Å²) in [5, 5.41) is 6.61. The quantitative estimate of drug-likeness (QED) is 0.662. The normalized spacial score (nSPS) is 10.3. The Balaban J connectivity index is 1.66. The summed E-state index contributed by atoms with van der Waals surface area (Å²) in [6, 6.07) is 16.4. The van der Waals surface area contributed by atoms with E-state index in [1.54, 1.807) is 37.6 Å². The first-order valence-corrected chi connectivity index (χ1v) is 8.37. The minimum Gasteiger partial charge on any atom is -0.497 e. The molecular formula is C20H18ClN3O2. The highest BCUT2D eigenvalue weighted by atomic mass is 35.5. The molecule has 26 heavy (non-hydrogen) atoms. The van der Waals surface area contributed by atoms with Gasteiger partial charge in [0, 0.05) is 16.4 Å². The number of aromatic nitrogens is 1. The van der Waals surface area contributed by atoms with Gasteiger partial charge in [-0.1, -0.05) is 17.7 Å². The first kappa shape index (κ1) is 17.8. The molecule has 0 radical (unpaired) electrons. The fraction of sp³-hybridized carbons (Fsp3) is 0.100. The lowest BCUT2D eigenvalue weighted by Gasteiger charge is -2.09. The van der Waals surface area contributed by atoms with Crippen LogP contribution in [0.15, 0.2) is 60.8 Å². The van der Waals surface area contributed by atoms with Gasteiger partial charge < -0.3 is 15.4 Å². The zero-order valence-corrected chi connectivity index (χ0v) is 15.2. The van der Waals surface area contributed by atoms with Crippen molar-refractivity contribution in [2.75, 3.05) is 17.7 Å². The molecule has 2 N–H and O–H groups in total. The van der Waals surface area contributed by atoms with Crippen molar-refractivity contribution in [3.05, 3.63) is 77.1 Å². The van der Waals surface area contributed by atoms with E-state index >= 15 is 0 Å². The lowest BCUT2D eigenvalue weighted by atomic mass is 10.2. The summed E-state index contributed by atoms with van der Waals surface area (Å²) in [5.74, 6) is 0.498. The molecule has 2 aromatic carbocycles. The summed E-state index contributed by atoms with van der Waals surface area (Å²) in [5.41, 5.74) is 3.59. The van der Waals surface area contributed by atoms with E-state index < -0.39 is 0 Å². The summed E-state index contributed by atoms with van der Waals surface area (Å²) in [4.78, 5) is 16.5. The molecule has 132 valence electrons. The van der Waals surface area contributed by atoms with Crippen LogP contribution in [-0.2, 0) is 0 Å². The Morgan fingerprint density at radius 3 is 2.31 bits per heavy atom. The van der Waals surface area contributed by atoms with Crippen LogP contribution in [0, 0.1) is 6.92 Å². The smallest absolute Gasteiger partial charge is 0.274 e. The molecule has 0 spiro atoms. The zero-order valence-electron chi connectivity index (χ0n) is 14.4. The molecule has 1 heterocycles. The molecule has 0 aliphatic heterocycles. The van der Waals surface area contributed by atoms with Gasteiger partial charge >= 0.3 is 0 Å². The van der Waals surface area contributed by atoms with Crippen molar-refractivity contribution in [3.63, 3.8) is 0 Å². The average molecular weight is 368 g/mol. The number of pyridine rings is 1. The van der Waals surface area contributed by atoms with Crippen LogP contribution in [0.5, 0.6) is 5.75 Å². The summed E-state index contributed by atoms with van der Waals surface area (Å²) >= 11 is 6.08. The average Bonchev–Trinajstić information content (AvgIpc) is 2.66. The lowest BCUT2D eigenvalue weighted by molar-refractivity contribution is 0.102. The first-order chi connectivity index (χ1) is 12.5. The van der Waals surface area contributed by atoms with Crippen LogP contribution >= 0.6 is 11.6 Å². The standard InChI is InChI=1S/C20H18ClN3O2/c1-13-3-4-15(11-18(13)21)24-20(25)19-10-7-16(12-22-19)23-14-5-8-17(26-2)9-6-14/h3-12,23H,1-2H3,(H,24,25). The number of carbonyl (C=O) groups is 1. The van der Waals surface area contributed by atoms with Crippen LogP contribution in [0.25, 0.3) is 0 Å². The second kappa shape index (κ2) is 7.89. The van der Waals surface area contributed by atoms with Crippen molar-refractivity contribution >= 4 is 34.6 Å². The largest absolute Gasteiger partial charge is 0.497 e. The van der Waals surface area contributed by atoms with Gasteiger partial charge in [0.1, 0.15) is 11.4 Å². The fourth-order valence-corrected chi connectivity index (χ4v) is 2.49. The third kappa shape index (κ3) is 4.32. The van der Waals surface area contributed by atoms with Crippen molar-refractivity contribution in [1.82, 2.24) is 4.98 Å². The molecule has 5 nitrogen and oxygen atoms in total. The Bertz CT molecular complexity index is 909. The Hall–Kier alpha value is -3.05. The molecule has 0 bridgehead atoms. The van der Waals surface area contributed by atoms with Crippen LogP contribution in [0.1, 0.15) is 16.1 Å². The third-order valence-corrected chi connectivity index (χ3v) is 4.21. The fourth-order valence-electron chi connectivity index (χ4n) is 2.31. The van der Waals surface area contributed by atoms with E-state index in [0.29, 0.717) is 16.4 Å². The molecular weight excluding hydrogens is 350 g/mol. The number of nitrogens with one attached hydrogen (secondary N) is 2. The number of halogens is 1. The number of rotatable bonds is 5. The van der Waals surface area contributed by atoms with Crippen molar-refractivity contribution < 1.29 is 9.53 Å². The molecule has 1 aromatic heterocycles. The Morgan fingerprint density at radius 2 is 1.69 bits per heavy atom. The summed E-state index contributed by atoms with van der Waals surface area (Å²) in [6.45, 7) is 1.91. The number of amides is 1. The molecule has 0 fully saturated rings. The summed E-state index contributed by atoms with van der Waals surface area (Å²) in [6.07, 6.45) is 1.61.